The Labute approximate surface area is 58.3 Å². The lowest BCUT2D eigenvalue weighted by atomic mass is 10.4. The molecule has 0 saturated heterocycles. The Morgan fingerprint density at radius 3 is 2.78 bits per heavy atom. The summed E-state index contributed by atoms with van der Waals surface area (Å²) in [5.41, 5.74) is 0.577. The normalized spacial score (nSPS) is 9.56. The molecule has 9 heavy (non-hydrogen) atoms. The molecule has 0 atom stereocenters. The third-order valence-electron chi connectivity index (χ3n) is 0.969. The minimum atomic E-state index is 0.440. The van der Waals surface area contributed by atoms with E-state index < -0.39 is 0 Å². The first kappa shape index (κ1) is 6.35. The molecule has 0 radical (unpaired) electrons. The van der Waals surface area contributed by atoms with Gasteiger partial charge in [-0.25, -0.2) is 0 Å². The van der Waals surface area contributed by atoms with Crippen molar-refractivity contribution in [3.63, 3.8) is 0 Å². The second-order valence-electron chi connectivity index (χ2n) is 1.71. The fourth-order valence-corrected chi connectivity index (χ4v) is 0.620. The summed E-state index contributed by atoms with van der Waals surface area (Å²) in [7, 11) is 0. The number of rotatable bonds is 0. The third kappa shape index (κ3) is 1.32. The summed E-state index contributed by atoms with van der Waals surface area (Å²) in [4.78, 5) is 0.544. The molecular weight excluding hydrogens is 136 g/mol. The van der Waals surface area contributed by atoms with Gasteiger partial charge in [0, 0.05) is 18.1 Å². The molecular formula is C5H6N2OS. The van der Waals surface area contributed by atoms with Gasteiger partial charge in [-0.3, -0.25) is 0 Å². The summed E-state index contributed by atoms with van der Waals surface area (Å²) in [6.07, 6.45) is 0. The maximum absolute atomic E-state index is 10.6. The highest BCUT2D eigenvalue weighted by atomic mass is 32.1. The minimum absolute atomic E-state index is 0.440. The first-order chi connectivity index (χ1) is 4.20. The van der Waals surface area contributed by atoms with E-state index in [0.717, 1.165) is 0 Å². The first-order valence-corrected chi connectivity index (χ1v) is 2.91. The smallest absolute Gasteiger partial charge is 0.218 e. The summed E-state index contributed by atoms with van der Waals surface area (Å²) in [5.74, 6) is 0. The van der Waals surface area contributed by atoms with Crippen LogP contribution in [0.3, 0.4) is 0 Å². The number of thiol groups is 1. The van der Waals surface area contributed by atoms with Gasteiger partial charge in [-0.1, -0.05) is 4.85 Å². The Morgan fingerprint density at radius 1 is 1.67 bits per heavy atom. The van der Waals surface area contributed by atoms with Gasteiger partial charge < -0.3 is 5.21 Å². The zero-order chi connectivity index (χ0) is 6.85. The monoisotopic (exact) mass is 142 g/mol. The van der Waals surface area contributed by atoms with E-state index in [0.29, 0.717) is 15.6 Å². The van der Waals surface area contributed by atoms with Crippen LogP contribution in [0, 0.1) is 12.1 Å². The molecule has 0 spiro atoms. The zero-order valence-electron chi connectivity index (χ0n) is 4.90. The van der Waals surface area contributed by atoms with Crippen LogP contribution < -0.4 is 4.85 Å². The summed E-state index contributed by atoms with van der Waals surface area (Å²) >= 11 is 3.87. The van der Waals surface area contributed by atoms with Crippen LogP contribution in [0.15, 0.2) is 17.2 Å². The van der Waals surface area contributed by atoms with Crippen LogP contribution in [0.5, 0.6) is 0 Å². The molecule has 0 amide bonds. The van der Waals surface area contributed by atoms with Crippen molar-refractivity contribution in [3.8, 4) is 0 Å². The lowest BCUT2D eigenvalue weighted by Gasteiger charge is -1.94. The summed E-state index contributed by atoms with van der Waals surface area (Å²) in [5, 5.41) is 14.5. The van der Waals surface area contributed by atoms with Gasteiger partial charge in [-0.05, 0) is 6.07 Å². The SMILES string of the molecule is Cc1ccc(S)n[n+]1[O-]. The van der Waals surface area contributed by atoms with E-state index in [9.17, 15) is 5.21 Å². The van der Waals surface area contributed by atoms with E-state index in [1.165, 1.54) is 0 Å². The largest absolute Gasteiger partial charge is 0.594 e. The highest BCUT2D eigenvalue weighted by molar-refractivity contribution is 7.80. The average Bonchev–Trinajstić information content (AvgIpc) is 1.80. The lowest BCUT2D eigenvalue weighted by Crippen LogP contribution is -2.34. The van der Waals surface area contributed by atoms with Crippen molar-refractivity contribution in [3.05, 3.63) is 23.0 Å². The fourth-order valence-electron chi connectivity index (χ4n) is 0.464. The number of aromatic nitrogens is 2. The van der Waals surface area contributed by atoms with Crippen molar-refractivity contribution in [2.45, 2.75) is 11.9 Å². The van der Waals surface area contributed by atoms with E-state index in [2.05, 4.69) is 17.7 Å². The van der Waals surface area contributed by atoms with Gasteiger partial charge in [-0.2, -0.15) is 0 Å². The van der Waals surface area contributed by atoms with Crippen LogP contribution >= 0.6 is 12.6 Å². The van der Waals surface area contributed by atoms with Crippen molar-refractivity contribution in [2.75, 3.05) is 0 Å². The molecule has 48 valence electrons. The molecule has 0 unspecified atom stereocenters. The minimum Gasteiger partial charge on any atom is -0.594 e. The highest BCUT2D eigenvalue weighted by Gasteiger charge is 1.97. The average molecular weight is 142 g/mol. The molecule has 3 nitrogen and oxygen atoms in total. The predicted molar refractivity (Wildman–Crippen MR) is 35.2 cm³/mol. The number of hydrogen-bond acceptors (Lipinski definition) is 3. The quantitative estimate of drug-likeness (QED) is 0.322. The standard InChI is InChI=1S/C5H6N2OS/c1-4-2-3-5(9)6-7(4)8/h2-3H,1H3,(H,6,9). The molecule has 0 aliphatic heterocycles. The van der Waals surface area contributed by atoms with E-state index in [4.69, 9.17) is 0 Å². The van der Waals surface area contributed by atoms with Crippen molar-refractivity contribution in [1.29, 1.82) is 0 Å². The Bertz CT molecular complexity index is 226. The van der Waals surface area contributed by atoms with Crippen LogP contribution in [-0.2, 0) is 0 Å². The molecule has 1 aromatic heterocycles. The molecule has 0 bridgehead atoms. The number of nitrogens with zero attached hydrogens (tertiary/aromatic N) is 2. The van der Waals surface area contributed by atoms with Crippen molar-refractivity contribution < 1.29 is 4.85 Å². The highest BCUT2D eigenvalue weighted by Crippen LogP contribution is 1.96. The molecule has 1 aromatic rings. The van der Waals surface area contributed by atoms with Crippen LogP contribution in [0.4, 0.5) is 0 Å². The molecule has 0 N–H and O–H groups in total. The van der Waals surface area contributed by atoms with Crippen LogP contribution in [0.2, 0.25) is 0 Å². The van der Waals surface area contributed by atoms with Crippen LogP contribution in [0.1, 0.15) is 5.69 Å². The van der Waals surface area contributed by atoms with Crippen molar-refractivity contribution in [1.82, 2.24) is 5.10 Å². The van der Waals surface area contributed by atoms with Gasteiger partial charge >= 0.3 is 0 Å². The van der Waals surface area contributed by atoms with E-state index in [1.54, 1.807) is 19.1 Å². The fraction of sp³-hybridized carbons (Fsp3) is 0.200. The Hall–Kier alpha value is -0.770. The number of hydrogen-bond donors (Lipinski definition) is 1. The zero-order valence-corrected chi connectivity index (χ0v) is 5.80. The van der Waals surface area contributed by atoms with E-state index in [-0.39, 0.29) is 0 Å². The summed E-state index contributed by atoms with van der Waals surface area (Å²) in [6, 6.07) is 3.34. The van der Waals surface area contributed by atoms with Crippen LogP contribution in [-0.4, -0.2) is 5.10 Å². The second-order valence-corrected chi connectivity index (χ2v) is 2.16. The van der Waals surface area contributed by atoms with E-state index in [1.807, 2.05) is 0 Å². The molecule has 4 heteroatoms. The van der Waals surface area contributed by atoms with Gasteiger partial charge in [0.1, 0.15) is 0 Å². The Balaban J connectivity index is 3.17. The topological polar surface area (TPSA) is 39.8 Å². The summed E-state index contributed by atoms with van der Waals surface area (Å²) < 4.78 is 0. The van der Waals surface area contributed by atoms with Gasteiger partial charge in [0.25, 0.3) is 0 Å². The van der Waals surface area contributed by atoms with Gasteiger partial charge in [-0.15, -0.1) is 12.6 Å². The van der Waals surface area contributed by atoms with Crippen molar-refractivity contribution >= 4 is 12.6 Å². The van der Waals surface area contributed by atoms with Gasteiger partial charge in [0.05, 0.1) is 0 Å². The molecule has 0 aliphatic carbocycles. The molecule has 0 aliphatic rings. The lowest BCUT2D eigenvalue weighted by molar-refractivity contribution is -0.679. The number of aryl methyl sites for hydroxylation is 1. The van der Waals surface area contributed by atoms with Gasteiger partial charge in [0.2, 0.25) is 5.69 Å². The van der Waals surface area contributed by atoms with Gasteiger partial charge in [0.15, 0.2) is 5.03 Å². The Morgan fingerprint density at radius 2 is 2.33 bits per heavy atom. The van der Waals surface area contributed by atoms with Crippen LogP contribution in [0.25, 0.3) is 0 Å². The molecule has 0 aromatic carbocycles. The van der Waals surface area contributed by atoms with Crippen molar-refractivity contribution in [2.24, 2.45) is 0 Å². The maximum atomic E-state index is 10.6. The first-order valence-electron chi connectivity index (χ1n) is 2.46. The summed E-state index contributed by atoms with van der Waals surface area (Å²) in [6.45, 7) is 1.69. The third-order valence-corrected chi connectivity index (χ3v) is 1.21. The van der Waals surface area contributed by atoms with E-state index >= 15 is 0 Å². The second kappa shape index (κ2) is 2.23. The Kier molecular flexibility index (Phi) is 1.57. The molecule has 0 fully saturated rings. The molecule has 0 saturated carbocycles. The molecule has 1 heterocycles. The maximum Gasteiger partial charge on any atom is 0.218 e. The predicted octanol–water partition coefficient (Wildman–Crippen LogP) is 0.312. The molecule has 1 rings (SSSR count).